The highest BCUT2D eigenvalue weighted by molar-refractivity contribution is 5.90. The van der Waals surface area contributed by atoms with E-state index in [0.717, 1.165) is 37.8 Å². The number of ether oxygens (including phenoxy) is 1. The number of nitrogens with one attached hydrogen (secondary N) is 3. The van der Waals surface area contributed by atoms with Gasteiger partial charge in [0, 0.05) is 23.8 Å². The van der Waals surface area contributed by atoms with Gasteiger partial charge >= 0.3 is 5.97 Å². The summed E-state index contributed by atoms with van der Waals surface area (Å²) in [4.78, 5) is 25.1. The number of hydrazine groups is 1. The van der Waals surface area contributed by atoms with Gasteiger partial charge in [0.25, 0.3) is 0 Å². The van der Waals surface area contributed by atoms with Gasteiger partial charge in [-0.05, 0) is 64.3 Å². The first-order valence-electron chi connectivity index (χ1n) is 11.5. The molecule has 0 aromatic heterocycles. The van der Waals surface area contributed by atoms with Gasteiger partial charge in [0.1, 0.15) is 11.8 Å². The van der Waals surface area contributed by atoms with Crippen LogP contribution in [0.15, 0.2) is 24.3 Å². The Morgan fingerprint density at radius 1 is 1.28 bits per heavy atom. The lowest BCUT2D eigenvalue weighted by molar-refractivity contribution is -0.128. The Morgan fingerprint density at radius 3 is 2.59 bits per heavy atom. The molecule has 1 saturated carbocycles. The molecule has 32 heavy (non-hydrogen) atoms. The maximum Gasteiger partial charge on any atom is 0.338 e. The van der Waals surface area contributed by atoms with Crippen molar-refractivity contribution in [1.82, 2.24) is 15.8 Å². The van der Waals surface area contributed by atoms with Gasteiger partial charge in [-0.15, -0.1) is 0 Å². The van der Waals surface area contributed by atoms with E-state index in [4.69, 9.17) is 4.74 Å². The van der Waals surface area contributed by atoms with E-state index in [0.29, 0.717) is 18.5 Å². The summed E-state index contributed by atoms with van der Waals surface area (Å²) in [6.45, 7) is 6.17. The van der Waals surface area contributed by atoms with Crippen molar-refractivity contribution in [2.24, 2.45) is 5.92 Å². The molecule has 1 amide bonds. The maximum atomic E-state index is 12.8. The molecule has 3 atom stereocenters. The van der Waals surface area contributed by atoms with Crippen molar-refractivity contribution in [3.05, 3.63) is 29.8 Å². The van der Waals surface area contributed by atoms with Crippen molar-refractivity contribution in [3.8, 4) is 6.07 Å². The second-order valence-corrected chi connectivity index (χ2v) is 10.1. The van der Waals surface area contributed by atoms with Crippen molar-refractivity contribution in [3.63, 3.8) is 0 Å². The SMILES string of the molecule is CC(C)(C)OC(=O)c1ccc(NC2NN(C3(CC#N)CCCC3)C3CCNC(=O)C23)cc1. The first-order chi connectivity index (χ1) is 15.2. The molecule has 1 aromatic rings. The topological polar surface area (TPSA) is 106 Å². The Balaban J connectivity index is 1.52. The van der Waals surface area contributed by atoms with Crippen LogP contribution in [0.4, 0.5) is 5.69 Å². The summed E-state index contributed by atoms with van der Waals surface area (Å²) < 4.78 is 5.43. The number of benzene rings is 1. The molecule has 2 heterocycles. The van der Waals surface area contributed by atoms with E-state index in [1.54, 1.807) is 12.1 Å². The highest BCUT2D eigenvalue weighted by Gasteiger charge is 2.54. The fourth-order valence-electron chi connectivity index (χ4n) is 5.32. The van der Waals surface area contributed by atoms with Crippen LogP contribution in [0.1, 0.15) is 69.7 Å². The number of hydrogen-bond donors (Lipinski definition) is 3. The van der Waals surface area contributed by atoms with E-state index in [1.165, 1.54) is 0 Å². The summed E-state index contributed by atoms with van der Waals surface area (Å²) >= 11 is 0. The molecule has 8 nitrogen and oxygen atoms in total. The van der Waals surface area contributed by atoms with Gasteiger partial charge < -0.3 is 15.4 Å². The van der Waals surface area contributed by atoms with Gasteiger partial charge in [0.2, 0.25) is 5.91 Å². The lowest BCUT2D eigenvalue weighted by Gasteiger charge is -2.42. The number of anilines is 1. The molecule has 3 unspecified atom stereocenters. The van der Waals surface area contributed by atoms with E-state index >= 15 is 0 Å². The van der Waals surface area contributed by atoms with Crippen LogP contribution in [0.3, 0.4) is 0 Å². The molecule has 2 saturated heterocycles. The number of carbonyl (C=O) groups is 2. The molecule has 172 valence electrons. The summed E-state index contributed by atoms with van der Waals surface area (Å²) in [6, 6.07) is 9.57. The lowest BCUT2D eigenvalue weighted by Crippen LogP contribution is -2.57. The number of nitriles is 1. The van der Waals surface area contributed by atoms with Crippen LogP contribution in [0.25, 0.3) is 0 Å². The molecule has 1 aromatic carbocycles. The molecule has 2 aliphatic heterocycles. The third-order valence-corrected chi connectivity index (χ3v) is 6.72. The summed E-state index contributed by atoms with van der Waals surface area (Å²) in [5.41, 5.74) is 4.10. The van der Waals surface area contributed by atoms with Crippen LogP contribution in [0, 0.1) is 17.2 Å². The molecule has 0 bridgehead atoms. The average Bonchev–Trinajstić information content (AvgIpc) is 3.34. The molecule has 3 N–H and O–H groups in total. The fraction of sp³-hybridized carbons (Fsp3) is 0.625. The van der Waals surface area contributed by atoms with Crippen molar-refractivity contribution in [2.75, 3.05) is 11.9 Å². The third kappa shape index (κ3) is 4.45. The molecule has 0 radical (unpaired) electrons. The zero-order valence-corrected chi connectivity index (χ0v) is 19.1. The zero-order valence-electron chi connectivity index (χ0n) is 19.1. The van der Waals surface area contributed by atoms with Crippen molar-refractivity contribution in [2.45, 2.75) is 82.6 Å². The smallest absolute Gasteiger partial charge is 0.338 e. The Labute approximate surface area is 189 Å². The van der Waals surface area contributed by atoms with Crippen molar-refractivity contribution < 1.29 is 14.3 Å². The summed E-state index contributed by atoms with van der Waals surface area (Å²) in [6.07, 6.45) is 5.17. The third-order valence-electron chi connectivity index (χ3n) is 6.72. The zero-order chi connectivity index (χ0) is 22.9. The number of carbonyl (C=O) groups excluding carboxylic acids is 2. The quantitative estimate of drug-likeness (QED) is 0.606. The van der Waals surface area contributed by atoms with Crippen LogP contribution >= 0.6 is 0 Å². The first kappa shape index (κ1) is 22.6. The number of rotatable bonds is 5. The van der Waals surface area contributed by atoms with E-state index < -0.39 is 5.60 Å². The van der Waals surface area contributed by atoms with Gasteiger partial charge in [-0.2, -0.15) is 5.26 Å². The van der Waals surface area contributed by atoms with Crippen LogP contribution in [0.5, 0.6) is 0 Å². The standard InChI is InChI=1S/C24H33N5O3/c1-23(2,3)32-22(31)16-6-8-17(9-7-16)27-20-19-18(10-15-26-21(19)30)29(28-20)24(13-14-25)11-4-5-12-24/h6-9,18-20,27-28H,4-5,10-13,15H2,1-3H3,(H,26,30). The van der Waals surface area contributed by atoms with E-state index in [9.17, 15) is 14.9 Å². The van der Waals surface area contributed by atoms with Gasteiger partial charge in [-0.25, -0.2) is 15.2 Å². The minimum absolute atomic E-state index is 0.0317. The van der Waals surface area contributed by atoms with Crippen LogP contribution in [-0.4, -0.2) is 46.8 Å². The first-order valence-corrected chi connectivity index (χ1v) is 11.5. The van der Waals surface area contributed by atoms with Gasteiger partial charge in [-0.1, -0.05) is 12.8 Å². The fourth-order valence-corrected chi connectivity index (χ4v) is 5.32. The minimum Gasteiger partial charge on any atom is -0.456 e. The lowest BCUT2D eigenvalue weighted by atomic mass is 9.86. The predicted molar refractivity (Wildman–Crippen MR) is 120 cm³/mol. The number of amides is 1. The van der Waals surface area contributed by atoms with Crippen LogP contribution in [-0.2, 0) is 9.53 Å². The molecular weight excluding hydrogens is 406 g/mol. The molecule has 3 aliphatic rings. The number of piperidine rings is 1. The maximum absolute atomic E-state index is 12.8. The van der Waals surface area contributed by atoms with E-state index in [1.807, 2.05) is 32.9 Å². The highest BCUT2D eigenvalue weighted by Crippen LogP contribution is 2.43. The number of esters is 1. The summed E-state index contributed by atoms with van der Waals surface area (Å²) in [7, 11) is 0. The Hall–Kier alpha value is -2.63. The molecule has 0 spiro atoms. The monoisotopic (exact) mass is 439 g/mol. The van der Waals surface area contributed by atoms with Gasteiger partial charge in [0.05, 0.1) is 24.0 Å². The van der Waals surface area contributed by atoms with E-state index in [2.05, 4.69) is 27.1 Å². The second kappa shape index (κ2) is 8.72. The molecule has 3 fully saturated rings. The Kier molecular flexibility index (Phi) is 6.15. The summed E-state index contributed by atoms with van der Waals surface area (Å²) in [5.74, 6) is -0.588. The van der Waals surface area contributed by atoms with Crippen LogP contribution < -0.4 is 16.1 Å². The largest absolute Gasteiger partial charge is 0.456 e. The van der Waals surface area contributed by atoms with Gasteiger partial charge in [0.15, 0.2) is 0 Å². The molecule has 1 aliphatic carbocycles. The summed E-state index contributed by atoms with van der Waals surface area (Å²) in [5, 5.41) is 18.2. The minimum atomic E-state index is -0.547. The van der Waals surface area contributed by atoms with E-state index in [-0.39, 0.29) is 35.5 Å². The normalized spacial score (nSPS) is 27.3. The molecule has 4 rings (SSSR count). The van der Waals surface area contributed by atoms with Crippen molar-refractivity contribution >= 4 is 17.6 Å². The second-order valence-electron chi connectivity index (χ2n) is 10.1. The van der Waals surface area contributed by atoms with Gasteiger partial charge in [-0.3, -0.25) is 4.79 Å². The predicted octanol–water partition coefficient (Wildman–Crippen LogP) is 2.93. The number of fused-ring (bicyclic) bond motifs is 1. The molecular formula is C24H33N5O3. The number of hydrogen-bond acceptors (Lipinski definition) is 7. The Morgan fingerprint density at radius 2 is 1.97 bits per heavy atom. The molecule has 8 heteroatoms. The average molecular weight is 440 g/mol. The van der Waals surface area contributed by atoms with Crippen molar-refractivity contribution in [1.29, 1.82) is 5.26 Å². The van der Waals surface area contributed by atoms with Crippen LogP contribution in [0.2, 0.25) is 0 Å². The highest BCUT2D eigenvalue weighted by atomic mass is 16.6. The Bertz CT molecular complexity index is 896. The number of nitrogens with zero attached hydrogens (tertiary/aromatic N) is 2.